The predicted molar refractivity (Wildman–Crippen MR) is 130 cm³/mol. The first-order chi connectivity index (χ1) is 16.1. The second kappa shape index (κ2) is 18.2. The molecule has 1 unspecified atom stereocenters. The number of carbonyl (C=O) groups excluding carboxylic acids is 1. The van der Waals surface area contributed by atoms with Crippen molar-refractivity contribution >= 4 is 47.1 Å². The van der Waals surface area contributed by atoms with Gasteiger partial charge < -0.3 is 31.1 Å². The van der Waals surface area contributed by atoms with E-state index in [1.54, 1.807) is 12.1 Å². The Hall–Kier alpha value is -3.22. The van der Waals surface area contributed by atoms with Crippen molar-refractivity contribution in [1.82, 2.24) is 10.2 Å². The Balaban J connectivity index is 0. The zero-order valence-electron chi connectivity index (χ0n) is 20.3. The highest BCUT2D eigenvalue weighted by Gasteiger charge is 2.14. The van der Waals surface area contributed by atoms with Gasteiger partial charge in [0.2, 0.25) is 5.91 Å². The van der Waals surface area contributed by atoms with Crippen LogP contribution in [0.15, 0.2) is 24.3 Å². The SMILES string of the molecule is CC(CC(=O)Nc1ccc(Cl)cc1)NCCN(C(C)C)C(C)C.O=C(O)C(=O)O.O=C(O)C(=O)O. The van der Waals surface area contributed by atoms with Crippen LogP contribution in [0.5, 0.6) is 0 Å². The molecule has 0 saturated heterocycles. The van der Waals surface area contributed by atoms with Gasteiger partial charge in [0.1, 0.15) is 0 Å². The molecule has 0 heterocycles. The number of carboxylic acids is 4. The summed E-state index contributed by atoms with van der Waals surface area (Å²) in [4.78, 5) is 50.9. The molecule has 0 bridgehead atoms. The Morgan fingerprint density at radius 2 is 1.20 bits per heavy atom. The number of benzene rings is 1. The van der Waals surface area contributed by atoms with Crippen molar-refractivity contribution in [3.63, 3.8) is 0 Å². The molecular weight excluding hydrogens is 486 g/mol. The number of halogens is 1. The lowest BCUT2D eigenvalue weighted by Gasteiger charge is -2.31. The van der Waals surface area contributed by atoms with Crippen LogP contribution in [0, 0.1) is 0 Å². The van der Waals surface area contributed by atoms with Crippen molar-refractivity contribution < 1.29 is 44.4 Å². The molecule has 1 amide bonds. The molecule has 0 spiro atoms. The number of nitrogens with zero attached hydrogens (tertiary/aromatic N) is 1. The zero-order valence-corrected chi connectivity index (χ0v) is 21.1. The van der Waals surface area contributed by atoms with E-state index in [9.17, 15) is 4.79 Å². The van der Waals surface area contributed by atoms with E-state index in [1.165, 1.54) is 0 Å². The first kappa shape index (κ1) is 34.0. The monoisotopic (exact) mass is 519 g/mol. The maximum Gasteiger partial charge on any atom is 0.414 e. The van der Waals surface area contributed by atoms with Crippen molar-refractivity contribution in [3.05, 3.63) is 29.3 Å². The predicted octanol–water partition coefficient (Wildman–Crippen LogP) is 2.08. The van der Waals surface area contributed by atoms with Gasteiger partial charge in [-0.25, -0.2) is 19.2 Å². The summed E-state index contributed by atoms with van der Waals surface area (Å²) in [5.41, 5.74) is 0.775. The lowest BCUT2D eigenvalue weighted by Crippen LogP contribution is -2.43. The average Bonchev–Trinajstić information content (AvgIpc) is 2.73. The van der Waals surface area contributed by atoms with Gasteiger partial charge in [-0.3, -0.25) is 9.69 Å². The number of carbonyl (C=O) groups is 5. The maximum absolute atomic E-state index is 12.0. The molecule has 35 heavy (non-hydrogen) atoms. The number of amides is 1. The third-order valence-electron chi connectivity index (χ3n) is 4.17. The minimum Gasteiger partial charge on any atom is -0.473 e. The highest BCUT2D eigenvalue weighted by atomic mass is 35.5. The summed E-state index contributed by atoms with van der Waals surface area (Å²) in [6, 6.07) is 8.35. The Kier molecular flexibility index (Phi) is 17.6. The molecule has 1 atom stereocenters. The fourth-order valence-electron chi connectivity index (χ4n) is 2.65. The van der Waals surface area contributed by atoms with Crippen molar-refractivity contribution in [2.24, 2.45) is 0 Å². The molecule has 0 aliphatic rings. The van der Waals surface area contributed by atoms with E-state index in [4.69, 9.17) is 51.2 Å². The second-order valence-corrected chi connectivity index (χ2v) is 8.20. The van der Waals surface area contributed by atoms with E-state index >= 15 is 0 Å². The molecule has 0 aliphatic heterocycles. The van der Waals surface area contributed by atoms with Gasteiger partial charge in [-0.15, -0.1) is 0 Å². The molecule has 1 rings (SSSR count). The van der Waals surface area contributed by atoms with Crippen LogP contribution in [0.1, 0.15) is 41.0 Å². The summed E-state index contributed by atoms with van der Waals surface area (Å²) >= 11 is 5.83. The van der Waals surface area contributed by atoms with Crippen LogP contribution in [0.2, 0.25) is 5.02 Å². The van der Waals surface area contributed by atoms with E-state index in [1.807, 2.05) is 19.1 Å². The van der Waals surface area contributed by atoms with E-state index in [2.05, 4.69) is 43.2 Å². The quantitative estimate of drug-likeness (QED) is 0.261. The summed E-state index contributed by atoms with van der Waals surface area (Å²) in [6.45, 7) is 12.7. The van der Waals surface area contributed by atoms with Gasteiger partial charge in [0.15, 0.2) is 0 Å². The molecule has 12 nitrogen and oxygen atoms in total. The summed E-state index contributed by atoms with van der Waals surface area (Å²) in [5, 5.41) is 36.5. The standard InChI is InChI=1S/C18H30ClN3O.2C2H2O4/c1-13(2)22(14(3)4)11-10-20-15(5)12-18(23)21-17-8-6-16(19)7-9-17;2*3-1(4)2(5)6/h6-9,13-15,20H,10-12H2,1-5H3,(H,21,23);2*(H,3,4)(H,5,6). The van der Waals surface area contributed by atoms with Crippen molar-refractivity contribution in [3.8, 4) is 0 Å². The largest absolute Gasteiger partial charge is 0.473 e. The van der Waals surface area contributed by atoms with Gasteiger partial charge in [0.25, 0.3) is 0 Å². The van der Waals surface area contributed by atoms with Crippen LogP contribution >= 0.6 is 11.6 Å². The van der Waals surface area contributed by atoms with E-state index < -0.39 is 23.9 Å². The third-order valence-corrected chi connectivity index (χ3v) is 4.43. The number of rotatable bonds is 9. The number of aliphatic carboxylic acids is 4. The minimum absolute atomic E-state index is 0.0110. The molecule has 1 aromatic carbocycles. The molecule has 0 saturated carbocycles. The molecule has 13 heteroatoms. The van der Waals surface area contributed by atoms with Crippen LogP contribution < -0.4 is 10.6 Å². The van der Waals surface area contributed by atoms with Gasteiger partial charge in [-0.05, 0) is 58.9 Å². The molecule has 0 radical (unpaired) electrons. The number of anilines is 1. The molecule has 1 aromatic rings. The highest BCUT2D eigenvalue weighted by Crippen LogP contribution is 2.13. The fourth-order valence-corrected chi connectivity index (χ4v) is 2.77. The fraction of sp³-hybridized carbons (Fsp3) is 0.500. The van der Waals surface area contributed by atoms with Crippen LogP contribution in [-0.2, 0) is 24.0 Å². The number of hydrogen-bond acceptors (Lipinski definition) is 7. The topological polar surface area (TPSA) is 194 Å². The van der Waals surface area contributed by atoms with Crippen LogP contribution in [0.25, 0.3) is 0 Å². The average molecular weight is 520 g/mol. The molecule has 0 aromatic heterocycles. The van der Waals surface area contributed by atoms with Crippen LogP contribution in [0.3, 0.4) is 0 Å². The lowest BCUT2D eigenvalue weighted by molar-refractivity contribution is -0.159. The van der Waals surface area contributed by atoms with Crippen molar-refractivity contribution in [2.75, 3.05) is 18.4 Å². The Morgan fingerprint density at radius 3 is 1.54 bits per heavy atom. The minimum atomic E-state index is -1.82. The third kappa shape index (κ3) is 18.8. The lowest BCUT2D eigenvalue weighted by atomic mass is 10.2. The Labute approximate surface area is 208 Å². The molecule has 0 fully saturated rings. The normalized spacial score (nSPS) is 11.0. The molecule has 0 aliphatic carbocycles. The smallest absolute Gasteiger partial charge is 0.414 e. The molecule has 6 N–H and O–H groups in total. The van der Waals surface area contributed by atoms with Crippen LogP contribution in [-0.4, -0.2) is 86.3 Å². The molecular formula is C22H34ClN3O9. The highest BCUT2D eigenvalue weighted by molar-refractivity contribution is 6.30. The number of nitrogens with one attached hydrogen (secondary N) is 2. The Bertz CT molecular complexity index is 774. The molecule has 198 valence electrons. The number of carboxylic acid groups (broad SMARTS) is 4. The summed E-state index contributed by atoms with van der Waals surface area (Å²) in [6.07, 6.45) is 0.450. The number of hydrogen-bond donors (Lipinski definition) is 6. The zero-order chi connectivity index (χ0) is 27.7. The van der Waals surface area contributed by atoms with Crippen molar-refractivity contribution in [2.45, 2.75) is 59.2 Å². The first-order valence-electron chi connectivity index (χ1n) is 10.5. The van der Waals surface area contributed by atoms with E-state index in [0.29, 0.717) is 23.5 Å². The first-order valence-corrected chi connectivity index (χ1v) is 10.9. The van der Waals surface area contributed by atoms with Crippen LogP contribution in [0.4, 0.5) is 5.69 Å². The van der Waals surface area contributed by atoms with Gasteiger partial charge in [-0.2, -0.15) is 0 Å². The second-order valence-electron chi connectivity index (χ2n) is 7.76. The van der Waals surface area contributed by atoms with Crippen molar-refractivity contribution in [1.29, 1.82) is 0 Å². The Morgan fingerprint density at radius 1 is 0.800 bits per heavy atom. The summed E-state index contributed by atoms with van der Waals surface area (Å²) in [5.74, 6) is -7.29. The van der Waals surface area contributed by atoms with Gasteiger partial charge >= 0.3 is 23.9 Å². The maximum atomic E-state index is 12.0. The van der Waals surface area contributed by atoms with E-state index in [-0.39, 0.29) is 11.9 Å². The summed E-state index contributed by atoms with van der Waals surface area (Å²) in [7, 11) is 0. The van der Waals surface area contributed by atoms with E-state index in [0.717, 1.165) is 18.8 Å². The summed E-state index contributed by atoms with van der Waals surface area (Å²) < 4.78 is 0. The van der Waals surface area contributed by atoms with Gasteiger partial charge in [-0.1, -0.05) is 11.6 Å². The van der Waals surface area contributed by atoms with Gasteiger partial charge in [0, 0.05) is 48.3 Å². The van der Waals surface area contributed by atoms with Gasteiger partial charge in [0.05, 0.1) is 0 Å².